The summed E-state index contributed by atoms with van der Waals surface area (Å²) in [6, 6.07) is 5.92. The summed E-state index contributed by atoms with van der Waals surface area (Å²) in [6.45, 7) is 5.91. The van der Waals surface area contributed by atoms with Gasteiger partial charge in [-0.15, -0.1) is 0 Å². The molecule has 0 spiro atoms. The van der Waals surface area contributed by atoms with E-state index in [-0.39, 0.29) is 11.9 Å². The molecule has 0 radical (unpaired) electrons. The van der Waals surface area contributed by atoms with Gasteiger partial charge in [0, 0.05) is 33.7 Å². The van der Waals surface area contributed by atoms with Crippen molar-refractivity contribution >= 4 is 33.4 Å². The Morgan fingerprint density at radius 3 is 2.76 bits per heavy atom. The maximum absolute atomic E-state index is 12.8. The summed E-state index contributed by atoms with van der Waals surface area (Å²) in [4.78, 5) is 14.7. The molecule has 1 N–H and O–H groups in total. The molecule has 1 fully saturated rings. The Morgan fingerprint density at radius 1 is 1.43 bits per heavy atom. The van der Waals surface area contributed by atoms with Crippen molar-refractivity contribution in [3.05, 3.63) is 33.3 Å². The first-order valence-corrected chi connectivity index (χ1v) is 8.65. The van der Waals surface area contributed by atoms with Crippen LogP contribution in [-0.4, -0.2) is 36.0 Å². The number of benzene rings is 1. The van der Waals surface area contributed by atoms with Crippen LogP contribution in [0.4, 0.5) is 0 Å². The summed E-state index contributed by atoms with van der Waals surface area (Å²) < 4.78 is 0.831. The minimum atomic E-state index is 0.0422. The molecule has 2 rings (SSSR count). The maximum Gasteiger partial charge on any atom is 0.254 e. The first-order chi connectivity index (χ1) is 9.97. The zero-order valence-corrected chi connectivity index (χ0v) is 14.9. The molecule has 1 saturated heterocycles. The van der Waals surface area contributed by atoms with Crippen molar-refractivity contribution in [2.45, 2.75) is 45.2 Å². The van der Waals surface area contributed by atoms with Crippen LogP contribution in [-0.2, 0) is 0 Å². The Hall–Kier alpha value is -0.580. The number of carbonyl (C=O) groups is 1. The van der Waals surface area contributed by atoms with Gasteiger partial charge in [0.15, 0.2) is 0 Å². The molecule has 1 amide bonds. The minimum Gasteiger partial charge on any atom is -0.335 e. The van der Waals surface area contributed by atoms with Gasteiger partial charge in [-0.05, 0) is 51.4 Å². The predicted octanol–water partition coefficient (Wildman–Crippen LogP) is 4.10. The molecule has 21 heavy (non-hydrogen) atoms. The highest BCUT2D eigenvalue weighted by Gasteiger charge is 2.24. The maximum atomic E-state index is 12.8. The van der Waals surface area contributed by atoms with E-state index in [0.29, 0.717) is 16.6 Å². The highest BCUT2D eigenvalue weighted by Crippen LogP contribution is 2.22. The van der Waals surface area contributed by atoms with Gasteiger partial charge in [0.05, 0.1) is 0 Å². The largest absolute Gasteiger partial charge is 0.335 e. The third kappa shape index (κ3) is 4.70. The van der Waals surface area contributed by atoms with E-state index in [4.69, 9.17) is 11.6 Å². The highest BCUT2D eigenvalue weighted by atomic mass is 79.9. The van der Waals surface area contributed by atoms with Gasteiger partial charge in [0.2, 0.25) is 0 Å². The van der Waals surface area contributed by atoms with E-state index >= 15 is 0 Å². The predicted molar refractivity (Wildman–Crippen MR) is 91.0 cm³/mol. The van der Waals surface area contributed by atoms with E-state index in [1.54, 1.807) is 12.1 Å². The fourth-order valence-electron chi connectivity index (χ4n) is 2.69. The Bertz CT molecular complexity index is 481. The molecule has 1 aromatic carbocycles. The lowest BCUT2D eigenvalue weighted by Crippen LogP contribution is -2.48. The van der Waals surface area contributed by atoms with Crippen LogP contribution in [0, 0.1) is 0 Å². The summed E-state index contributed by atoms with van der Waals surface area (Å²) in [6.07, 6.45) is 3.60. The molecule has 1 aromatic rings. The summed E-state index contributed by atoms with van der Waals surface area (Å²) >= 11 is 9.46. The Labute approximate surface area is 140 Å². The van der Waals surface area contributed by atoms with Crippen LogP contribution in [0.25, 0.3) is 0 Å². The molecule has 1 aliphatic heterocycles. The molecule has 3 nitrogen and oxygen atoms in total. The number of nitrogens with zero attached hydrogens (tertiary/aromatic N) is 1. The standard InChI is InChI=1S/C16H22BrClN2O/c1-11(2)20(10-15-5-3-4-6-19-15)16(21)12-7-13(17)9-14(18)8-12/h7-9,11,15,19H,3-6,10H2,1-2H3. The van der Waals surface area contributed by atoms with Crippen LogP contribution in [0.15, 0.2) is 22.7 Å². The van der Waals surface area contributed by atoms with Gasteiger partial charge in [-0.25, -0.2) is 0 Å². The lowest BCUT2D eigenvalue weighted by Gasteiger charge is -2.33. The van der Waals surface area contributed by atoms with Crippen LogP contribution < -0.4 is 5.32 Å². The molecule has 1 atom stereocenters. The molecule has 1 aliphatic rings. The molecule has 0 aromatic heterocycles. The Balaban J connectivity index is 2.14. The van der Waals surface area contributed by atoms with E-state index in [0.717, 1.165) is 24.0 Å². The second-order valence-corrected chi connectivity index (χ2v) is 7.21. The number of piperidine rings is 1. The fraction of sp³-hybridized carbons (Fsp3) is 0.562. The number of rotatable bonds is 4. The summed E-state index contributed by atoms with van der Waals surface area (Å²) in [5, 5.41) is 4.08. The SMILES string of the molecule is CC(C)N(CC1CCCCN1)C(=O)c1cc(Cl)cc(Br)c1. The Kier molecular flexibility index (Phi) is 6.08. The van der Waals surface area contributed by atoms with Gasteiger partial charge in [0.1, 0.15) is 0 Å². The van der Waals surface area contributed by atoms with Gasteiger partial charge in [-0.3, -0.25) is 4.79 Å². The smallest absolute Gasteiger partial charge is 0.254 e. The topological polar surface area (TPSA) is 32.3 Å². The lowest BCUT2D eigenvalue weighted by atomic mass is 10.0. The van der Waals surface area contributed by atoms with E-state index in [1.807, 2.05) is 11.0 Å². The zero-order valence-electron chi connectivity index (χ0n) is 12.5. The van der Waals surface area contributed by atoms with Crippen molar-refractivity contribution < 1.29 is 4.79 Å². The molecule has 0 saturated carbocycles. The molecule has 5 heteroatoms. The van der Waals surface area contributed by atoms with Crippen molar-refractivity contribution in [2.75, 3.05) is 13.1 Å². The number of hydrogen-bond acceptors (Lipinski definition) is 2. The summed E-state index contributed by atoms with van der Waals surface area (Å²) in [5.41, 5.74) is 0.638. The number of halogens is 2. The van der Waals surface area contributed by atoms with Crippen LogP contribution in [0.1, 0.15) is 43.5 Å². The number of carbonyl (C=O) groups excluding carboxylic acids is 1. The zero-order chi connectivity index (χ0) is 15.4. The Morgan fingerprint density at radius 2 is 2.19 bits per heavy atom. The number of amides is 1. The average Bonchev–Trinajstić information content (AvgIpc) is 2.44. The van der Waals surface area contributed by atoms with Gasteiger partial charge in [0.25, 0.3) is 5.91 Å². The van der Waals surface area contributed by atoms with E-state index in [2.05, 4.69) is 35.1 Å². The van der Waals surface area contributed by atoms with Gasteiger partial charge < -0.3 is 10.2 Å². The molecular weight excluding hydrogens is 352 g/mol. The monoisotopic (exact) mass is 372 g/mol. The van der Waals surface area contributed by atoms with Crippen LogP contribution in [0.5, 0.6) is 0 Å². The van der Waals surface area contributed by atoms with Crippen molar-refractivity contribution in [3.8, 4) is 0 Å². The molecule has 116 valence electrons. The van der Waals surface area contributed by atoms with Gasteiger partial charge in [-0.1, -0.05) is 34.0 Å². The van der Waals surface area contributed by atoms with Crippen molar-refractivity contribution in [3.63, 3.8) is 0 Å². The third-order valence-corrected chi connectivity index (χ3v) is 4.50. The summed E-state index contributed by atoms with van der Waals surface area (Å²) in [7, 11) is 0. The van der Waals surface area contributed by atoms with Gasteiger partial charge in [-0.2, -0.15) is 0 Å². The van der Waals surface area contributed by atoms with Crippen LogP contribution >= 0.6 is 27.5 Å². The fourth-order valence-corrected chi connectivity index (χ4v) is 3.55. The molecular formula is C16H22BrClN2O. The molecule has 1 heterocycles. The van der Waals surface area contributed by atoms with Crippen LogP contribution in [0.3, 0.4) is 0 Å². The van der Waals surface area contributed by atoms with E-state index in [1.165, 1.54) is 12.8 Å². The normalized spacial score (nSPS) is 18.8. The van der Waals surface area contributed by atoms with Crippen LogP contribution in [0.2, 0.25) is 5.02 Å². The first kappa shape index (κ1) is 16.8. The molecule has 0 aliphatic carbocycles. The number of hydrogen-bond donors (Lipinski definition) is 1. The van der Waals surface area contributed by atoms with Crippen molar-refractivity contribution in [1.29, 1.82) is 0 Å². The van der Waals surface area contributed by atoms with E-state index in [9.17, 15) is 4.79 Å². The molecule has 1 unspecified atom stereocenters. The second-order valence-electron chi connectivity index (χ2n) is 5.86. The number of nitrogens with one attached hydrogen (secondary N) is 1. The van der Waals surface area contributed by atoms with Crippen molar-refractivity contribution in [2.24, 2.45) is 0 Å². The highest BCUT2D eigenvalue weighted by molar-refractivity contribution is 9.10. The van der Waals surface area contributed by atoms with Crippen molar-refractivity contribution in [1.82, 2.24) is 10.2 Å². The summed E-state index contributed by atoms with van der Waals surface area (Å²) in [5.74, 6) is 0.0422. The lowest BCUT2D eigenvalue weighted by molar-refractivity contribution is 0.0676. The first-order valence-electron chi connectivity index (χ1n) is 7.48. The quantitative estimate of drug-likeness (QED) is 0.862. The average molecular weight is 374 g/mol. The van der Waals surface area contributed by atoms with Gasteiger partial charge >= 0.3 is 0 Å². The minimum absolute atomic E-state index is 0.0422. The third-order valence-electron chi connectivity index (χ3n) is 3.82. The second kappa shape index (κ2) is 7.61. The molecule has 0 bridgehead atoms. The van der Waals surface area contributed by atoms with E-state index < -0.39 is 0 Å².